The molecule has 0 unspecified atom stereocenters. The first kappa shape index (κ1) is 9.40. The van der Waals surface area contributed by atoms with Crippen LogP contribution in [0.1, 0.15) is 0 Å². The first-order valence-corrected chi connectivity index (χ1v) is 4.49. The summed E-state index contributed by atoms with van der Waals surface area (Å²) in [7, 11) is 0. The van der Waals surface area contributed by atoms with Crippen LogP contribution in [0.15, 0.2) is 48.5 Å². The topological polar surface area (TPSA) is 43.1 Å². The molecule has 3 nitrogen and oxygen atoms in total. The van der Waals surface area contributed by atoms with Crippen molar-refractivity contribution in [2.75, 3.05) is 0 Å². The Morgan fingerprint density at radius 3 is 2.47 bits per heavy atom. The molecule has 0 heterocycles. The van der Waals surface area contributed by atoms with E-state index in [1.165, 1.54) is 0 Å². The molecular formula is C12H8NO2. The summed E-state index contributed by atoms with van der Waals surface area (Å²) in [4.78, 5) is 10.4. The average Bonchev–Trinajstić information content (AvgIpc) is 2.30. The lowest BCUT2D eigenvalue weighted by Crippen LogP contribution is -1.91. The van der Waals surface area contributed by atoms with Crippen molar-refractivity contribution in [1.29, 1.82) is 0 Å². The van der Waals surface area contributed by atoms with E-state index in [2.05, 4.69) is 6.07 Å². The van der Waals surface area contributed by atoms with Crippen LogP contribution >= 0.6 is 0 Å². The molecule has 0 N–H and O–H groups in total. The number of rotatable bonds is 2. The maximum absolute atomic E-state index is 10.8. The van der Waals surface area contributed by atoms with E-state index in [9.17, 15) is 10.1 Å². The number of para-hydroxylation sites is 1. The van der Waals surface area contributed by atoms with Gasteiger partial charge in [0.25, 0.3) is 5.69 Å². The quantitative estimate of drug-likeness (QED) is 0.549. The summed E-state index contributed by atoms with van der Waals surface area (Å²) in [5, 5.41) is 10.8. The molecule has 15 heavy (non-hydrogen) atoms. The highest BCUT2D eigenvalue weighted by atomic mass is 16.6. The molecule has 0 saturated heterocycles. The van der Waals surface area contributed by atoms with Crippen molar-refractivity contribution in [2.45, 2.75) is 0 Å². The Hall–Kier alpha value is -2.16. The first-order valence-electron chi connectivity index (χ1n) is 4.49. The summed E-state index contributed by atoms with van der Waals surface area (Å²) in [5.74, 6) is 0. The van der Waals surface area contributed by atoms with E-state index >= 15 is 0 Å². The van der Waals surface area contributed by atoms with Crippen molar-refractivity contribution in [3.8, 4) is 11.1 Å². The number of nitro groups is 1. The van der Waals surface area contributed by atoms with Crippen LogP contribution in [-0.2, 0) is 0 Å². The number of hydrogen-bond acceptors (Lipinski definition) is 2. The van der Waals surface area contributed by atoms with Crippen LogP contribution in [0.5, 0.6) is 0 Å². The van der Waals surface area contributed by atoms with Crippen LogP contribution in [0.4, 0.5) is 5.69 Å². The smallest absolute Gasteiger partial charge is 0.258 e. The van der Waals surface area contributed by atoms with Crippen molar-refractivity contribution in [2.24, 2.45) is 0 Å². The van der Waals surface area contributed by atoms with E-state index in [0.29, 0.717) is 5.56 Å². The van der Waals surface area contributed by atoms with E-state index < -0.39 is 4.92 Å². The van der Waals surface area contributed by atoms with Gasteiger partial charge < -0.3 is 0 Å². The summed E-state index contributed by atoms with van der Waals surface area (Å²) < 4.78 is 0. The number of hydrogen-bond donors (Lipinski definition) is 0. The predicted molar refractivity (Wildman–Crippen MR) is 57.4 cm³/mol. The zero-order chi connectivity index (χ0) is 10.7. The minimum Gasteiger partial charge on any atom is -0.258 e. The molecule has 0 fully saturated rings. The van der Waals surface area contributed by atoms with Crippen molar-refractivity contribution < 1.29 is 4.92 Å². The van der Waals surface area contributed by atoms with Crippen LogP contribution in [-0.4, -0.2) is 4.92 Å². The van der Waals surface area contributed by atoms with Gasteiger partial charge in [-0.05, 0) is 17.7 Å². The van der Waals surface area contributed by atoms with Crippen molar-refractivity contribution in [3.05, 3.63) is 64.7 Å². The summed E-state index contributed by atoms with van der Waals surface area (Å²) in [6, 6.07) is 16.9. The van der Waals surface area contributed by atoms with Gasteiger partial charge in [-0.3, -0.25) is 10.1 Å². The molecular weight excluding hydrogens is 190 g/mol. The molecule has 2 rings (SSSR count). The van der Waals surface area contributed by atoms with E-state index in [0.717, 1.165) is 5.56 Å². The third-order valence-electron chi connectivity index (χ3n) is 2.10. The van der Waals surface area contributed by atoms with Gasteiger partial charge in [0.2, 0.25) is 0 Å². The second-order valence-electron chi connectivity index (χ2n) is 3.06. The Morgan fingerprint density at radius 2 is 1.80 bits per heavy atom. The summed E-state index contributed by atoms with van der Waals surface area (Å²) in [5.41, 5.74) is 1.45. The molecule has 0 saturated carbocycles. The largest absolute Gasteiger partial charge is 0.285 e. The summed E-state index contributed by atoms with van der Waals surface area (Å²) in [6.45, 7) is 0. The van der Waals surface area contributed by atoms with Crippen molar-refractivity contribution in [3.63, 3.8) is 0 Å². The van der Waals surface area contributed by atoms with Crippen LogP contribution in [0.3, 0.4) is 0 Å². The Balaban J connectivity index is 2.58. The fourth-order valence-corrected chi connectivity index (χ4v) is 1.43. The first-order chi connectivity index (χ1) is 7.29. The molecule has 2 aromatic rings. The molecule has 0 aliphatic rings. The maximum atomic E-state index is 10.8. The standard InChI is InChI=1S/C12H8NO2/c14-13(15)12-9-5-4-8-11(12)10-6-2-1-3-7-10/h1-8H. The number of nitrogens with zero attached hydrogens (tertiary/aromatic N) is 1. The molecule has 0 bridgehead atoms. The van der Waals surface area contributed by atoms with Gasteiger partial charge in [-0.2, -0.15) is 0 Å². The highest BCUT2D eigenvalue weighted by molar-refractivity contribution is 5.72. The number of nitro benzene ring substituents is 1. The van der Waals surface area contributed by atoms with Gasteiger partial charge in [-0.15, -0.1) is 0 Å². The van der Waals surface area contributed by atoms with E-state index in [4.69, 9.17) is 0 Å². The van der Waals surface area contributed by atoms with Gasteiger partial charge in [-0.25, -0.2) is 0 Å². The van der Waals surface area contributed by atoms with Gasteiger partial charge in [0.1, 0.15) is 0 Å². The van der Waals surface area contributed by atoms with Crippen molar-refractivity contribution >= 4 is 5.69 Å². The molecule has 3 heteroatoms. The summed E-state index contributed by atoms with van der Waals surface area (Å²) >= 11 is 0. The Kier molecular flexibility index (Phi) is 2.46. The van der Waals surface area contributed by atoms with Crippen molar-refractivity contribution in [1.82, 2.24) is 0 Å². The Bertz CT molecular complexity index is 480. The van der Waals surface area contributed by atoms with Crippen LogP contribution in [0.2, 0.25) is 0 Å². The third-order valence-corrected chi connectivity index (χ3v) is 2.10. The minimum absolute atomic E-state index is 0.0173. The predicted octanol–water partition coefficient (Wildman–Crippen LogP) is 3.06. The molecule has 0 aliphatic heterocycles. The van der Waals surface area contributed by atoms with E-state index in [1.54, 1.807) is 18.2 Å². The van der Waals surface area contributed by atoms with Crippen LogP contribution in [0, 0.1) is 16.2 Å². The lowest BCUT2D eigenvalue weighted by atomic mass is 10.0. The molecule has 0 spiro atoms. The third kappa shape index (κ3) is 1.86. The van der Waals surface area contributed by atoms with Gasteiger partial charge in [0.05, 0.1) is 16.6 Å². The van der Waals surface area contributed by atoms with E-state index in [-0.39, 0.29) is 5.69 Å². The SMILES string of the molecule is O=[N+]([O-])c1[c]cccc1-c1ccccc1. The van der Waals surface area contributed by atoms with Crippen LogP contribution in [0.25, 0.3) is 11.1 Å². The lowest BCUT2D eigenvalue weighted by Gasteiger charge is -2.01. The second kappa shape index (κ2) is 3.92. The molecule has 0 aromatic heterocycles. The highest BCUT2D eigenvalue weighted by Gasteiger charge is 2.13. The molecule has 73 valence electrons. The lowest BCUT2D eigenvalue weighted by molar-refractivity contribution is -0.384. The Labute approximate surface area is 87.1 Å². The molecule has 1 radical (unpaired) electrons. The fraction of sp³-hybridized carbons (Fsp3) is 0. The zero-order valence-electron chi connectivity index (χ0n) is 7.88. The normalized spacial score (nSPS) is 9.87. The molecule has 2 aromatic carbocycles. The molecule has 0 amide bonds. The molecule has 0 aliphatic carbocycles. The minimum atomic E-state index is -0.414. The fourth-order valence-electron chi connectivity index (χ4n) is 1.43. The average molecular weight is 198 g/mol. The van der Waals surface area contributed by atoms with Gasteiger partial charge >= 0.3 is 0 Å². The monoisotopic (exact) mass is 198 g/mol. The second-order valence-corrected chi connectivity index (χ2v) is 3.06. The summed E-state index contributed by atoms with van der Waals surface area (Å²) in [6.07, 6.45) is 0. The molecule has 0 atom stereocenters. The number of benzene rings is 2. The van der Waals surface area contributed by atoms with E-state index in [1.807, 2.05) is 30.3 Å². The van der Waals surface area contributed by atoms with Gasteiger partial charge in [0.15, 0.2) is 0 Å². The van der Waals surface area contributed by atoms with Crippen LogP contribution < -0.4 is 0 Å². The maximum Gasteiger partial charge on any atom is 0.285 e. The van der Waals surface area contributed by atoms with Gasteiger partial charge in [-0.1, -0.05) is 36.4 Å². The van der Waals surface area contributed by atoms with Gasteiger partial charge in [0, 0.05) is 0 Å². The highest BCUT2D eigenvalue weighted by Crippen LogP contribution is 2.28. The Morgan fingerprint density at radius 1 is 1.07 bits per heavy atom. The zero-order valence-corrected chi connectivity index (χ0v) is 7.88.